The monoisotopic (exact) mass is 803 g/mol. The van der Waals surface area contributed by atoms with E-state index in [9.17, 15) is 14.7 Å². The second-order valence-corrected chi connectivity index (χ2v) is 15.1. The van der Waals surface area contributed by atoms with Gasteiger partial charge in [0.05, 0.1) is 6.61 Å². The van der Waals surface area contributed by atoms with Gasteiger partial charge in [-0.15, -0.1) is 0 Å². The van der Waals surface area contributed by atoms with Gasteiger partial charge in [0.25, 0.3) is 0 Å². The Morgan fingerprint density at radius 3 is 1.12 bits per heavy atom. The zero-order valence-corrected chi connectivity index (χ0v) is 37.3. The highest BCUT2D eigenvalue weighted by Gasteiger charge is 2.16. The summed E-state index contributed by atoms with van der Waals surface area (Å²) in [5.74, 6) is -0.628. The first-order valence-corrected chi connectivity index (χ1v) is 23.4. The van der Waals surface area contributed by atoms with Crippen LogP contribution in [0.1, 0.15) is 194 Å². The van der Waals surface area contributed by atoms with Crippen LogP contribution in [-0.4, -0.2) is 36.4 Å². The topological polar surface area (TPSA) is 72.8 Å². The Labute approximate surface area is 357 Å². The lowest BCUT2D eigenvalue weighted by molar-refractivity contribution is -0.161. The Kier molecular flexibility index (Phi) is 45.1. The van der Waals surface area contributed by atoms with Crippen molar-refractivity contribution in [3.05, 3.63) is 109 Å². The third kappa shape index (κ3) is 45.3. The van der Waals surface area contributed by atoms with Gasteiger partial charge in [0, 0.05) is 12.8 Å². The van der Waals surface area contributed by atoms with E-state index in [1.807, 2.05) is 0 Å². The van der Waals surface area contributed by atoms with Gasteiger partial charge >= 0.3 is 11.9 Å². The van der Waals surface area contributed by atoms with Crippen molar-refractivity contribution in [1.29, 1.82) is 0 Å². The van der Waals surface area contributed by atoms with E-state index in [4.69, 9.17) is 9.47 Å². The number of hydrogen-bond acceptors (Lipinski definition) is 5. The molecule has 0 aliphatic rings. The smallest absolute Gasteiger partial charge is 0.306 e. The van der Waals surface area contributed by atoms with E-state index in [1.54, 1.807) is 0 Å². The molecule has 5 nitrogen and oxygen atoms in total. The molecular weight excluding hydrogens is 717 g/mol. The molecule has 0 aliphatic heterocycles. The second-order valence-electron chi connectivity index (χ2n) is 15.1. The van der Waals surface area contributed by atoms with Gasteiger partial charge in [-0.05, 0) is 103 Å². The van der Waals surface area contributed by atoms with Gasteiger partial charge in [0.1, 0.15) is 6.61 Å². The molecule has 58 heavy (non-hydrogen) atoms. The van der Waals surface area contributed by atoms with Crippen LogP contribution in [0.3, 0.4) is 0 Å². The van der Waals surface area contributed by atoms with E-state index in [0.29, 0.717) is 12.8 Å². The molecule has 0 fully saturated rings. The SMILES string of the molecule is CC/C=C\C/C=C\C/C=C\C/C=C\C/C=C\C/C=C\C/C=C\CCCCCCCCCC(=O)OC(CO)COC(=O)CCCCCCC/C=C\C/C=C\CCCCC. The number of allylic oxidation sites excluding steroid dienone is 18. The van der Waals surface area contributed by atoms with Gasteiger partial charge in [-0.2, -0.15) is 0 Å². The lowest BCUT2D eigenvalue weighted by Gasteiger charge is -2.15. The number of ether oxygens (including phenoxy) is 2. The summed E-state index contributed by atoms with van der Waals surface area (Å²) in [5, 5.41) is 9.60. The number of unbranched alkanes of at least 4 members (excludes halogenated alkanes) is 15. The van der Waals surface area contributed by atoms with Crippen LogP contribution in [-0.2, 0) is 19.1 Å². The van der Waals surface area contributed by atoms with E-state index in [0.717, 1.165) is 103 Å². The number of hydrogen-bond donors (Lipinski definition) is 1. The second kappa shape index (κ2) is 47.9. The van der Waals surface area contributed by atoms with Crippen molar-refractivity contribution >= 4 is 11.9 Å². The lowest BCUT2D eigenvalue weighted by atomic mass is 10.1. The van der Waals surface area contributed by atoms with Gasteiger partial charge in [-0.25, -0.2) is 0 Å². The number of aliphatic hydroxyl groups excluding tert-OH is 1. The van der Waals surface area contributed by atoms with Crippen molar-refractivity contribution in [2.45, 2.75) is 200 Å². The average molecular weight is 803 g/mol. The maximum atomic E-state index is 12.2. The Morgan fingerprint density at radius 2 is 0.741 bits per heavy atom. The van der Waals surface area contributed by atoms with Crippen LogP contribution in [0, 0.1) is 0 Å². The highest BCUT2D eigenvalue weighted by molar-refractivity contribution is 5.70. The Hall–Kier alpha value is -3.44. The highest BCUT2D eigenvalue weighted by Crippen LogP contribution is 2.12. The van der Waals surface area contributed by atoms with Gasteiger partial charge in [0.15, 0.2) is 6.10 Å². The molecule has 0 amide bonds. The Balaban J connectivity index is 3.63. The van der Waals surface area contributed by atoms with Gasteiger partial charge in [-0.3, -0.25) is 9.59 Å². The van der Waals surface area contributed by atoms with Crippen LogP contribution in [0.2, 0.25) is 0 Å². The summed E-state index contributed by atoms with van der Waals surface area (Å²) < 4.78 is 10.6. The third-order valence-corrected chi connectivity index (χ3v) is 9.55. The standard InChI is InChI=1S/C53H86O5/c1-3-5-7-9-11-13-15-17-19-20-21-22-23-24-25-26-27-28-29-30-31-32-34-36-38-40-42-44-46-48-53(56)58-51(49-54)50-57-52(55)47-45-43-41-39-37-35-33-18-16-14-12-10-8-6-4-2/h5,7,11-14,17-19,21-22,24-25,27-28,30-31,33,51,54H,3-4,6,8-10,15-16,20,23,26,29,32,34-50H2,1-2H3/b7-5-,13-11-,14-12-,19-17-,22-21-,25-24-,28-27-,31-30-,33-18-. The summed E-state index contributed by atoms with van der Waals surface area (Å²) in [5.41, 5.74) is 0. The molecule has 0 aliphatic carbocycles. The largest absolute Gasteiger partial charge is 0.462 e. The molecule has 0 saturated heterocycles. The van der Waals surface area contributed by atoms with Crippen LogP contribution in [0.4, 0.5) is 0 Å². The van der Waals surface area contributed by atoms with Crippen molar-refractivity contribution < 1.29 is 24.2 Å². The summed E-state index contributed by atoms with van der Waals surface area (Å²) in [4.78, 5) is 24.4. The molecule has 0 heterocycles. The van der Waals surface area contributed by atoms with Crippen molar-refractivity contribution in [2.24, 2.45) is 0 Å². The first-order chi connectivity index (χ1) is 28.6. The lowest BCUT2D eigenvalue weighted by Crippen LogP contribution is -2.28. The molecular formula is C53H86O5. The van der Waals surface area contributed by atoms with Crippen LogP contribution >= 0.6 is 0 Å². The van der Waals surface area contributed by atoms with Gasteiger partial charge in [0.2, 0.25) is 0 Å². The van der Waals surface area contributed by atoms with Crippen molar-refractivity contribution in [3.8, 4) is 0 Å². The third-order valence-electron chi connectivity index (χ3n) is 9.55. The van der Waals surface area contributed by atoms with Crippen molar-refractivity contribution in [2.75, 3.05) is 13.2 Å². The van der Waals surface area contributed by atoms with Gasteiger partial charge < -0.3 is 14.6 Å². The predicted molar refractivity (Wildman–Crippen MR) is 251 cm³/mol. The number of esters is 2. The summed E-state index contributed by atoms with van der Waals surface area (Å²) in [6.45, 7) is 3.96. The molecule has 0 aromatic rings. The summed E-state index contributed by atoms with van der Waals surface area (Å²) in [6, 6.07) is 0. The zero-order valence-electron chi connectivity index (χ0n) is 37.3. The van der Waals surface area contributed by atoms with Crippen LogP contribution in [0.25, 0.3) is 0 Å². The maximum Gasteiger partial charge on any atom is 0.306 e. The first kappa shape index (κ1) is 54.6. The first-order valence-electron chi connectivity index (χ1n) is 23.4. The minimum atomic E-state index is -0.791. The molecule has 0 aromatic carbocycles. The fourth-order valence-electron chi connectivity index (χ4n) is 6.03. The van der Waals surface area contributed by atoms with Crippen LogP contribution in [0.5, 0.6) is 0 Å². The summed E-state index contributed by atoms with van der Waals surface area (Å²) >= 11 is 0. The van der Waals surface area contributed by atoms with Crippen molar-refractivity contribution in [3.63, 3.8) is 0 Å². The minimum Gasteiger partial charge on any atom is -0.462 e. The molecule has 1 unspecified atom stereocenters. The minimum absolute atomic E-state index is 0.0843. The van der Waals surface area contributed by atoms with E-state index < -0.39 is 6.10 Å². The number of carbonyl (C=O) groups excluding carboxylic acids is 2. The maximum absolute atomic E-state index is 12.2. The Morgan fingerprint density at radius 1 is 0.414 bits per heavy atom. The van der Waals surface area contributed by atoms with E-state index >= 15 is 0 Å². The molecule has 1 atom stereocenters. The number of aliphatic hydroxyl groups is 1. The average Bonchev–Trinajstić information content (AvgIpc) is 3.23. The molecule has 0 spiro atoms. The van der Waals surface area contributed by atoms with E-state index in [2.05, 4.69) is 123 Å². The highest BCUT2D eigenvalue weighted by atomic mass is 16.6. The fourth-order valence-corrected chi connectivity index (χ4v) is 6.03. The van der Waals surface area contributed by atoms with Crippen LogP contribution in [0.15, 0.2) is 109 Å². The van der Waals surface area contributed by atoms with Gasteiger partial charge in [-0.1, -0.05) is 187 Å². The normalized spacial score (nSPS) is 13.2. The molecule has 0 radical (unpaired) electrons. The van der Waals surface area contributed by atoms with E-state index in [-0.39, 0.29) is 25.2 Å². The Bertz CT molecular complexity index is 1180. The molecule has 1 N–H and O–H groups in total. The molecule has 0 aromatic heterocycles. The predicted octanol–water partition coefficient (Wildman–Crippen LogP) is 15.4. The van der Waals surface area contributed by atoms with E-state index in [1.165, 1.54) is 64.2 Å². The fraction of sp³-hybridized carbons (Fsp3) is 0.623. The molecule has 0 rings (SSSR count). The zero-order chi connectivity index (χ0) is 42.1. The quantitative estimate of drug-likeness (QED) is 0.0379. The summed E-state index contributed by atoms with van der Waals surface area (Å²) in [6.07, 6.45) is 68.8. The number of carbonyl (C=O) groups is 2. The molecule has 0 saturated carbocycles. The van der Waals surface area contributed by atoms with Crippen LogP contribution < -0.4 is 0 Å². The number of rotatable bonds is 41. The molecule has 5 heteroatoms. The molecule has 328 valence electrons. The van der Waals surface area contributed by atoms with Crippen molar-refractivity contribution in [1.82, 2.24) is 0 Å². The molecule has 0 bridgehead atoms. The summed E-state index contributed by atoms with van der Waals surface area (Å²) in [7, 11) is 0.